The quantitative estimate of drug-likeness (QED) is 0.712. The van der Waals surface area contributed by atoms with Crippen LogP contribution >= 0.6 is 0 Å². The van der Waals surface area contributed by atoms with Gasteiger partial charge >= 0.3 is 5.97 Å². The fourth-order valence-electron chi connectivity index (χ4n) is 1.94. The number of rotatable bonds is 5. The molecule has 1 heterocycles. The first-order valence-corrected chi connectivity index (χ1v) is 5.77. The van der Waals surface area contributed by atoms with Crippen molar-refractivity contribution >= 4 is 11.9 Å². The molecule has 2 N–H and O–H groups in total. The Morgan fingerprint density at radius 2 is 2.12 bits per heavy atom. The summed E-state index contributed by atoms with van der Waals surface area (Å²) in [5.74, 6) is -0.785. The second-order valence-electron chi connectivity index (χ2n) is 4.64. The van der Waals surface area contributed by atoms with E-state index in [1.54, 1.807) is 0 Å². The first kappa shape index (κ1) is 11.4. The first-order valence-electron chi connectivity index (χ1n) is 5.77. The molecule has 2 fully saturated rings. The Balaban J connectivity index is 1.83. The molecule has 0 aromatic rings. The van der Waals surface area contributed by atoms with E-state index >= 15 is 0 Å². The Kier molecular flexibility index (Phi) is 3.43. The van der Waals surface area contributed by atoms with E-state index < -0.39 is 12.0 Å². The van der Waals surface area contributed by atoms with Gasteiger partial charge < -0.3 is 15.2 Å². The molecule has 2 aliphatic rings. The van der Waals surface area contributed by atoms with E-state index in [9.17, 15) is 9.59 Å². The van der Waals surface area contributed by atoms with Gasteiger partial charge in [-0.3, -0.25) is 4.79 Å². The van der Waals surface area contributed by atoms with Crippen LogP contribution < -0.4 is 5.32 Å². The van der Waals surface area contributed by atoms with Gasteiger partial charge in [0.25, 0.3) is 0 Å². The van der Waals surface area contributed by atoms with E-state index in [0.717, 1.165) is 12.8 Å². The van der Waals surface area contributed by atoms with E-state index in [-0.39, 0.29) is 11.8 Å². The number of carbonyl (C=O) groups excluding carboxylic acids is 1. The van der Waals surface area contributed by atoms with Crippen molar-refractivity contribution in [2.75, 3.05) is 13.2 Å². The molecule has 1 saturated carbocycles. The smallest absolute Gasteiger partial charge is 0.326 e. The monoisotopic (exact) mass is 227 g/mol. The van der Waals surface area contributed by atoms with E-state index in [1.165, 1.54) is 0 Å². The largest absolute Gasteiger partial charge is 0.480 e. The van der Waals surface area contributed by atoms with Gasteiger partial charge in [0.15, 0.2) is 0 Å². The van der Waals surface area contributed by atoms with Gasteiger partial charge in [0.1, 0.15) is 6.04 Å². The number of carboxylic acids is 1. The van der Waals surface area contributed by atoms with E-state index in [0.29, 0.717) is 32.0 Å². The molecule has 0 spiro atoms. The first-order chi connectivity index (χ1) is 7.66. The summed E-state index contributed by atoms with van der Waals surface area (Å²) in [4.78, 5) is 22.7. The number of amides is 1. The zero-order valence-electron chi connectivity index (χ0n) is 9.15. The molecule has 1 aliphatic heterocycles. The minimum atomic E-state index is -0.931. The summed E-state index contributed by atoms with van der Waals surface area (Å²) in [7, 11) is 0. The third-order valence-corrected chi connectivity index (χ3v) is 3.18. The minimum Gasteiger partial charge on any atom is -0.480 e. The minimum absolute atomic E-state index is 0.166. The van der Waals surface area contributed by atoms with Crippen LogP contribution in [0.4, 0.5) is 0 Å². The van der Waals surface area contributed by atoms with Gasteiger partial charge in [0.05, 0.1) is 12.5 Å². The highest BCUT2D eigenvalue weighted by Crippen LogP contribution is 2.33. The average Bonchev–Trinajstić information content (AvgIpc) is 2.89. The number of hydrogen-bond donors (Lipinski definition) is 2. The summed E-state index contributed by atoms with van der Waals surface area (Å²) in [6.45, 7) is 1.01. The Morgan fingerprint density at radius 3 is 2.62 bits per heavy atom. The number of carbonyl (C=O) groups is 2. The predicted octanol–water partition coefficient (Wildman–Crippen LogP) is 0.392. The van der Waals surface area contributed by atoms with E-state index in [1.807, 2.05) is 0 Å². The summed E-state index contributed by atoms with van der Waals surface area (Å²) in [5.41, 5.74) is 0. The van der Waals surface area contributed by atoms with Gasteiger partial charge in [0.2, 0.25) is 5.91 Å². The lowest BCUT2D eigenvalue weighted by atomic mass is 10.1. The lowest BCUT2D eigenvalue weighted by Crippen LogP contribution is -2.44. The molecular weight excluding hydrogens is 210 g/mol. The Bertz CT molecular complexity index is 282. The standard InChI is InChI=1S/C11H17NO4/c13-10(8-3-4-16-6-8)12-9(11(14)15)5-7-1-2-7/h7-9H,1-6H2,(H,12,13)(H,14,15)/t8-,9-/m0/s1. The van der Waals surface area contributed by atoms with Crippen LogP contribution in [0.3, 0.4) is 0 Å². The fraction of sp³-hybridized carbons (Fsp3) is 0.818. The molecule has 0 aromatic heterocycles. The Morgan fingerprint density at radius 1 is 1.38 bits per heavy atom. The maximum absolute atomic E-state index is 11.7. The van der Waals surface area contributed by atoms with Crippen LogP contribution in [0.1, 0.15) is 25.7 Å². The van der Waals surface area contributed by atoms with Gasteiger partial charge in [0, 0.05) is 6.61 Å². The normalized spacial score (nSPS) is 26.4. The topological polar surface area (TPSA) is 75.6 Å². The van der Waals surface area contributed by atoms with Gasteiger partial charge in [-0.1, -0.05) is 12.8 Å². The van der Waals surface area contributed by atoms with Gasteiger partial charge in [-0.2, -0.15) is 0 Å². The van der Waals surface area contributed by atoms with Crippen molar-refractivity contribution in [1.82, 2.24) is 5.32 Å². The third kappa shape index (κ3) is 2.95. The third-order valence-electron chi connectivity index (χ3n) is 3.18. The van der Waals surface area contributed by atoms with Crippen LogP contribution in [0.2, 0.25) is 0 Å². The zero-order chi connectivity index (χ0) is 11.5. The van der Waals surface area contributed by atoms with Gasteiger partial charge in [-0.15, -0.1) is 0 Å². The van der Waals surface area contributed by atoms with Crippen molar-refractivity contribution in [1.29, 1.82) is 0 Å². The average molecular weight is 227 g/mol. The zero-order valence-corrected chi connectivity index (χ0v) is 9.15. The molecule has 2 rings (SSSR count). The SMILES string of the molecule is O=C(N[C@@H](CC1CC1)C(=O)O)[C@H]1CCOC1. The summed E-state index contributed by atoms with van der Waals surface area (Å²) >= 11 is 0. The molecule has 0 aromatic carbocycles. The highest BCUT2D eigenvalue weighted by Gasteiger charge is 2.32. The van der Waals surface area contributed by atoms with Crippen LogP contribution in [0.15, 0.2) is 0 Å². The molecule has 90 valence electrons. The molecule has 1 aliphatic carbocycles. The molecule has 1 amide bonds. The van der Waals surface area contributed by atoms with Crippen LogP contribution in [0.25, 0.3) is 0 Å². The highest BCUT2D eigenvalue weighted by atomic mass is 16.5. The number of carboxylic acid groups (broad SMARTS) is 1. The summed E-state index contributed by atoms with van der Waals surface area (Å²) < 4.78 is 5.11. The van der Waals surface area contributed by atoms with Gasteiger partial charge in [-0.05, 0) is 18.8 Å². The molecule has 0 radical (unpaired) electrons. The molecule has 0 unspecified atom stereocenters. The summed E-state index contributed by atoms with van der Waals surface area (Å²) in [6, 6.07) is -0.722. The van der Waals surface area contributed by atoms with Crippen LogP contribution in [0, 0.1) is 11.8 Å². The van der Waals surface area contributed by atoms with Crippen molar-refractivity contribution in [2.45, 2.75) is 31.7 Å². The van der Waals surface area contributed by atoms with Crippen LogP contribution in [-0.2, 0) is 14.3 Å². The molecule has 5 nitrogen and oxygen atoms in total. The van der Waals surface area contributed by atoms with Crippen molar-refractivity contribution in [3.63, 3.8) is 0 Å². The second kappa shape index (κ2) is 4.82. The highest BCUT2D eigenvalue weighted by molar-refractivity contribution is 5.85. The predicted molar refractivity (Wildman–Crippen MR) is 55.8 cm³/mol. The van der Waals surface area contributed by atoms with Crippen molar-refractivity contribution < 1.29 is 19.4 Å². The van der Waals surface area contributed by atoms with E-state index in [4.69, 9.17) is 9.84 Å². The molecule has 2 atom stereocenters. The second-order valence-corrected chi connectivity index (χ2v) is 4.64. The van der Waals surface area contributed by atoms with E-state index in [2.05, 4.69) is 5.32 Å². The van der Waals surface area contributed by atoms with Crippen molar-refractivity contribution in [3.8, 4) is 0 Å². The van der Waals surface area contributed by atoms with Crippen LogP contribution in [-0.4, -0.2) is 36.2 Å². The Hall–Kier alpha value is -1.10. The fourth-order valence-corrected chi connectivity index (χ4v) is 1.94. The van der Waals surface area contributed by atoms with Gasteiger partial charge in [-0.25, -0.2) is 4.79 Å². The number of aliphatic carboxylic acids is 1. The molecule has 1 saturated heterocycles. The van der Waals surface area contributed by atoms with Crippen LogP contribution in [0.5, 0.6) is 0 Å². The summed E-state index contributed by atoms with van der Waals surface area (Å²) in [6.07, 6.45) is 3.44. The molecule has 0 bridgehead atoms. The Labute approximate surface area is 94.2 Å². The number of nitrogens with one attached hydrogen (secondary N) is 1. The number of ether oxygens (including phenoxy) is 1. The maximum atomic E-state index is 11.7. The molecule has 5 heteroatoms. The summed E-state index contributed by atoms with van der Waals surface area (Å²) in [5, 5.41) is 11.6. The lowest BCUT2D eigenvalue weighted by molar-refractivity contribution is -0.142. The number of hydrogen-bond acceptors (Lipinski definition) is 3. The van der Waals surface area contributed by atoms with Crippen molar-refractivity contribution in [2.24, 2.45) is 11.8 Å². The molecular formula is C11H17NO4. The molecule has 16 heavy (non-hydrogen) atoms. The maximum Gasteiger partial charge on any atom is 0.326 e. The lowest BCUT2D eigenvalue weighted by Gasteiger charge is -2.16. The van der Waals surface area contributed by atoms with Crippen molar-refractivity contribution in [3.05, 3.63) is 0 Å².